The van der Waals surface area contributed by atoms with Gasteiger partial charge in [-0.1, -0.05) is 12.1 Å². The van der Waals surface area contributed by atoms with Crippen LogP contribution >= 0.6 is 31.9 Å². The van der Waals surface area contributed by atoms with Gasteiger partial charge >= 0.3 is 0 Å². The molecule has 1 aromatic heterocycles. The van der Waals surface area contributed by atoms with Crippen molar-refractivity contribution in [2.75, 3.05) is 0 Å². The Morgan fingerprint density at radius 3 is 2.55 bits per heavy atom. The topological polar surface area (TPSA) is 72.7 Å². The maximum atomic E-state index is 9.74. The molecular weight excluding hydrogens is 410 g/mol. The number of imidazole rings is 1. The number of hydrogen-bond donors (Lipinski definition) is 2. The summed E-state index contributed by atoms with van der Waals surface area (Å²) in [6, 6.07) is 13.2. The molecule has 0 unspecified atom stereocenters. The number of para-hydroxylation sites is 2. The van der Waals surface area contributed by atoms with Gasteiger partial charge in [0.25, 0.3) is 0 Å². The van der Waals surface area contributed by atoms with E-state index in [1.165, 1.54) is 0 Å². The molecule has 0 aliphatic heterocycles. The van der Waals surface area contributed by atoms with Gasteiger partial charge in [-0.05, 0) is 67.8 Å². The summed E-state index contributed by atoms with van der Waals surface area (Å²) in [5, 5.41) is 19.1. The first-order valence-corrected chi connectivity index (χ1v) is 7.92. The molecular formula is C16H9Br2N3O. The number of aromatic nitrogens is 2. The maximum absolute atomic E-state index is 9.74. The third-order valence-electron chi connectivity index (χ3n) is 3.12. The monoisotopic (exact) mass is 417 g/mol. The Hall–Kier alpha value is -2.10. The minimum atomic E-state index is 0.124. The number of halogens is 2. The number of H-pyrrole nitrogens is 1. The number of aromatic hydroxyl groups is 1. The number of nitrogens with one attached hydrogen (secondary N) is 1. The van der Waals surface area contributed by atoms with Crippen molar-refractivity contribution in [1.82, 2.24) is 9.97 Å². The zero-order chi connectivity index (χ0) is 15.7. The summed E-state index contributed by atoms with van der Waals surface area (Å²) >= 11 is 6.55. The van der Waals surface area contributed by atoms with Gasteiger partial charge in [0.2, 0.25) is 0 Å². The van der Waals surface area contributed by atoms with Crippen molar-refractivity contribution in [3.05, 3.63) is 56.7 Å². The fourth-order valence-electron chi connectivity index (χ4n) is 2.07. The quantitative estimate of drug-likeness (QED) is 0.583. The van der Waals surface area contributed by atoms with Crippen LogP contribution in [0.1, 0.15) is 11.4 Å². The second-order valence-electron chi connectivity index (χ2n) is 4.61. The molecule has 1 heterocycles. The van der Waals surface area contributed by atoms with E-state index < -0.39 is 0 Å². The van der Waals surface area contributed by atoms with E-state index in [4.69, 9.17) is 0 Å². The highest BCUT2D eigenvalue weighted by atomic mass is 79.9. The highest BCUT2D eigenvalue weighted by Gasteiger charge is 2.09. The molecule has 4 nitrogen and oxygen atoms in total. The molecule has 3 aromatic rings. The van der Waals surface area contributed by atoms with Gasteiger partial charge in [0, 0.05) is 0 Å². The molecule has 108 valence electrons. The first-order chi connectivity index (χ1) is 10.6. The smallest absolute Gasteiger partial charge is 0.149 e. The molecule has 0 aliphatic carbocycles. The minimum Gasteiger partial charge on any atom is -0.506 e. The van der Waals surface area contributed by atoms with Crippen LogP contribution in [0.3, 0.4) is 0 Å². The molecule has 22 heavy (non-hydrogen) atoms. The molecule has 0 bridgehead atoms. The SMILES string of the molecule is N#C/C(=C\c1cc(Br)c(O)c(Br)c1)c1nc2ccccc2[nH]1. The fraction of sp³-hybridized carbons (Fsp3) is 0. The summed E-state index contributed by atoms with van der Waals surface area (Å²) in [6.07, 6.45) is 1.71. The lowest BCUT2D eigenvalue weighted by atomic mass is 10.1. The van der Waals surface area contributed by atoms with E-state index >= 15 is 0 Å². The highest BCUT2D eigenvalue weighted by Crippen LogP contribution is 2.34. The van der Waals surface area contributed by atoms with Crippen LogP contribution in [-0.2, 0) is 0 Å². The number of phenolic OH excluding ortho intramolecular Hbond substituents is 1. The van der Waals surface area contributed by atoms with E-state index in [1.54, 1.807) is 18.2 Å². The van der Waals surface area contributed by atoms with Crippen LogP contribution in [0.2, 0.25) is 0 Å². The van der Waals surface area contributed by atoms with Gasteiger partial charge in [0.05, 0.1) is 25.6 Å². The Labute approximate surface area is 143 Å². The first kappa shape index (κ1) is 14.8. The van der Waals surface area contributed by atoms with Crippen LogP contribution < -0.4 is 0 Å². The first-order valence-electron chi connectivity index (χ1n) is 6.33. The number of phenols is 1. The number of nitriles is 1. The van der Waals surface area contributed by atoms with Crippen LogP contribution in [0, 0.1) is 11.3 Å². The van der Waals surface area contributed by atoms with Crippen LogP contribution in [-0.4, -0.2) is 15.1 Å². The van der Waals surface area contributed by atoms with Gasteiger partial charge < -0.3 is 10.1 Å². The number of fused-ring (bicyclic) bond motifs is 1. The van der Waals surface area contributed by atoms with Crippen molar-refractivity contribution >= 4 is 54.5 Å². The van der Waals surface area contributed by atoms with E-state index in [-0.39, 0.29) is 5.75 Å². The number of benzene rings is 2. The van der Waals surface area contributed by atoms with Crippen molar-refractivity contribution in [2.24, 2.45) is 0 Å². The van der Waals surface area contributed by atoms with Gasteiger partial charge in [0.15, 0.2) is 0 Å². The number of hydrogen-bond acceptors (Lipinski definition) is 3. The lowest BCUT2D eigenvalue weighted by molar-refractivity contribution is 0.468. The lowest BCUT2D eigenvalue weighted by Gasteiger charge is -2.03. The van der Waals surface area contributed by atoms with Crippen LogP contribution in [0.4, 0.5) is 0 Å². The predicted octanol–water partition coefficient (Wildman–Crippen LogP) is 4.86. The largest absolute Gasteiger partial charge is 0.506 e. The molecule has 2 aromatic carbocycles. The van der Waals surface area contributed by atoms with Crippen molar-refractivity contribution in [1.29, 1.82) is 5.26 Å². The van der Waals surface area contributed by atoms with E-state index in [0.29, 0.717) is 20.3 Å². The molecule has 0 saturated heterocycles. The average Bonchev–Trinajstić information content (AvgIpc) is 2.93. The predicted molar refractivity (Wildman–Crippen MR) is 93.1 cm³/mol. The van der Waals surface area contributed by atoms with Gasteiger partial charge in [-0.2, -0.15) is 5.26 Å². The van der Waals surface area contributed by atoms with Crippen molar-refractivity contribution in [3.63, 3.8) is 0 Å². The average molecular weight is 419 g/mol. The maximum Gasteiger partial charge on any atom is 0.149 e. The molecule has 6 heteroatoms. The zero-order valence-corrected chi connectivity index (χ0v) is 14.3. The molecule has 0 radical (unpaired) electrons. The van der Waals surface area contributed by atoms with Gasteiger partial charge in [-0.25, -0.2) is 4.98 Å². The van der Waals surface area contributed by atoms with Crippen molar-refractivity contribution in [2.45, 2.75) is 0 Å². The summed E-state index contributed by atoms with van der Waals surface area (Å²) in [7, 11) is 0. The second kappa shape index (κ2) is 5.95. The standard InChI is InChI=1S/C16H9Br2N3O/c17-11-6-9(7-12(18)15(11)22)5-10(8-19)16-20-13-3-1-2-4-14(13)21-16/h1-7,22H,(H,20,21)/b10-5+. The Morgan fingerprint density at radius 1 is 1.23 bits per heavy atom. The Balaban J connectivity index is 2.09. The minimum absolute atomic E-state index is 0.124. The summed E-state index contributed by atoms with van der Waals surface area (Å²) in [4.78, 5) is 7.56. The molecule has 2 N–H and O–H groups in total. The lowest BCUT2D eigenvalue weighted by Crippen LogP contribution is -1.85. The van der Waals surface area contributed by atoms with Crippen LogP contribution in [0.15, 0.2) is 45.3 Å². The summed E-state index contributed by atoms with van der Waals surface area (Å²) < 4.78 is 1.10. The zero-order valence-electron chi connectivity index (χ0n) is 11.1. The number of allylic oxidation sites excluding steroid dienone is 1. The molecule has 0 aliphatic rings. The Bertz CT molecular complexity index is 882. The third kappa shape index (κ3) is 2.78. The van der Waals surface area contributed by atoms with Gasteiger partial charge in [-0.15, -0.1) is 0 Å². The number of nitrogens with zero attached hydrogens (tertiary/aromatic N) is 2. The molecule has 3 rings (SSSR count). The molecule has 0 amide bonds. The van der Waals surface area contributed by atoms with Crippen molar-refractivity contribution in [3.8, 4) is 11.8 Å². The fourth-order valence-corrected chi connectivity index (χ4v) is 3.29. The van der Waals surface area contributed by atoms with Crippen molar-refractivity contribution < 1.29 is 5.11 Å². The molecule has 0 atom stereocenters. The Kier molecular flexibility index (Phi) is 4.01. The normalized spacial score (nSPS) is 11.6. The highest BCUT2D eigenvalue weighted by molar-refractivity contribution is 9.11. The van der Waals surface area contributed by atoms with Crippen LogP contribution in [0.5, 0.6) is 5.75 Å². The van der Waals surface area contributed by atoms with E-state index in [2.05, 4.69) is 47.9 Å². The summed E-state index contributed by atoms with van der Waals surface area (Å²) in [6.45, 7) is 0. The molecule has 0 fully saturated rings. The second-order valence-corrected chi connectivity index (χ2v) is 6.31. The van der Waals surface area contributed by atoms with Gasteiger partial charge in [-0.3, -0.25) is 0 Å². The molecule has 0 saturated carbocycles. The Morgan fingerprint density at radius 2 is 1.91 bits per heavy atom. The third-order valence-corrected chi connectivity index (χ3v) is 4.32. The van der Waals surface area contributed by atoms with Gasteiger partial charge in [0.1, 0.15) is 17.6 Å². The van der Waals surface area contributed by atoms with Crippen LogP contribution in [0.25, 0.3) is 22.7 Å². The molecule has 0 spiro atoms. The van der Waals surface area contributed by atoms with E-state index in [9.17, 15) is 10.4 Å². The number of aromatic amines is 1. The summed E-state index contributed by atoms with van der Waals surface area (Å²) in [5.74, 6) is 0.642. The van der Waals surface area contributed by atoms with E-state index in [1.807, 2.05) is 24.3 Å². The number of rotatable bonds is 2. The van der Waals surface area contributed by atoms with E-state index in [0.717, 1.165) is 16.6 Å². The summed E-state index contributed by atoms with van der Waals surface area (Å²) in [5.41, 5.74) is 2.88.